The van der Waals surface area contributed by atoms with Crippen LogP contribution in [0.4, 0.5) is 0 Å². The highest BCUT2D eigenvalue weighted by atomic mass is 35.5. The van der Waals surface area contributed by atoms with Gasteiger partial charge in [0.1, 0.15) is 5.38 Å². The molecule has 0 amide bonds. The van der Waals surface area contributed by atoms with Gasteiger partial charge in [0.15, 0.2) is 9.84 Å². The van der Waals surface area contributed by atoms with Crippen LogP contribution in [0.3, 0.4) is 0 Å². The van der Waals surface area contributed by atoms with Gasteiger partial charge in [-0.1, -0.05) is 0 Å². The van der Waals surface area contributed by atoms with Gasteiger partial charge < -0.3 is 5.11 Å². The van der Waals surface area contributed by atoms with Crippen LogP contribution in [0.1, 0.15) is 0 Å². The Morgan fingerprint density at radius 3 is 2.36 bits per heavy atom. The average Bonchev–Trinajstić information content (AvgIpc) is 2.08. The lowest BCUT2D eigenvalue weighted by molar-refractivity contribution is -0.136. The molecular formula is C7H12ClNO4S. The number of aliphatic carboxylic acids is 1. The molecule has 14 heavy (non-hydrogen) atoms. The van der Waals surface area contributed by atoms with E-state index in [0.717, 1.165) is 0 Å². The van der Waals surface area contributed by atoms with Crippen LogP contribution >= 0.6 is 11.6 Å². The van der Waals surface area contributed by atoms with Crippen molar-refractivity contribution in [2.24, 2.45) is 0 Å². The molecule has 1 unspecified atom stereocenters. The van der Waals surface area contributed by atoms with Crippen molar-refractivity contribution in [1.29, 1.82) is 0 Å². The summed E-state index contributed by atoms with van der Waals surface area (Å²) in [5.74, 6) is -0.882. The number of carbonyl (C=O) groups is 1. The first-order valence-corrected chi connectivity index (χ1v) is 6.46. The van der Waals surface area contributed by atoms with Gasteiger partial charge in [-0.15, -0.1) is 11.6 Å². The molecule has 82 valence electrons. The fourth-order valence-electron chi connectivity index (χ4n) is 1.24. The maximum Gasteiger partial charge on any atom is 0.322 e. The van der Waals surface area contributed by atoms with E-state index in [2.05, 4.69) is 0 Å². The second-order valence-electron chi connectivity index (χ2n) is 3.26. The molecule has 0 saturated carbocycles. The van der Waals surface area contributed by atoms with Crippen LogP contribution in [0.15, 0.2) is 0 Å². The second-order valence-corrected chi connectivity index (χ2v) is 6.09. The first kappa shape index (κ1) is 11.7. The van der Waals surface area contributed by atoms with Crippen LogP contribution in [0.25, 0.3) is 0 Å². The van der Waals surface area contributed by atoms with E-state index in [1.54, 1.807) is 4.90 Å². The number of alkyl halides is 1. The number of rotatable bonds is 3. The van der Waals surface area contributed by atoms with E-state index in [1.807, 2.05) is 0 Å². The first-order chi connectivity index (χ1) is 6.41. The molecule has 0 spiro atoms. The fraction of sp³-hybridized carbons (Fsp3) is 0.857. The molecule has 7 heteroatoms. The summed E-state index contributed by atoms with van der Waals surface area (Å²) in [6, 6.07) is 0. The molecule has 1 fully saturated rings. The van der Waals surface area contributed by atoms with Gasteiger partial charge in [-0.05, 0) is 0 Å². The number of sulfone groups is 1. The Bertz CT molecular complexity index is 302. The van der Waals surface area contributed by atoms with Crippen molar-refractivity contribution < 1.29 is 18.3 Å². The lowest BCUT2D eigenvalue weighted by Gasteiger charge is -2.26. The maximum absolute atomic E-state index is 11.0. The fourth-order valence-corrected chi connectivity index (χ4v) is 2.71. The molecule has 1 aliphatic heterocycles. The lowest BCUT2D eigenvalue weighted by atomic mass is 10.3. The highest BCUT2D eigenvalue weighted by molar-refractivity contribution is 7.91. The van der Waals surface area contributed by atoms with Gasteiger partial charge in [-0.3, -0.25) is 9.69 Å². The third-order valence-corrected chi connectivity index (χ3v) is 4.06. The molecule has 0 bridgehead atoms. The van der Waals surface area contributed by atoms with E-state index in [4.69, 9.17) is 16.7 Å². The zero-order valence-corrected chi connectivity index (χ0v) is 9.09. The van der Waals surface area contributed by atoms with Crippen LogP contribution in [-0.2, 0) is 14.6 Å². The van der Waals surface area contributed by atoms with Gasteiger partial charge in [0.2, 0.25) is 0 Å². The first-order valence-electron chi connectivity index (χ1n) is 4.20. The molecule has 1 atom stereocenters. The van der Waals surface area contributed by atoms with Crippen LogP contribution < -0.4 is 0 Å². The zero-order valence-electron chi connectivity index (χ0n) is 7.52. The minimum absolute atomic E-state index is 0.0935. The maximum atomic E-state index is 11.0. The lowest BCUT2D eigenvalue weighted by Crippen LogP contribution is -2.44. The quantitative estimate of drug-likeness (QED) is 0.669. The highest BCUT2D eigenvalue weighted by Crippen LogP contribution is 2.07. The predicted molar refractivity (Wildman–Crippen MR) is 52.4 cm³/mol. The number of hydrogen-bond donors (Lipinski definition) is 1. The minimum Gasteiger partial charge on any atom is -0.480 e. The van der Waals surface area contributed by atoms with Crippen molar-refractivity contribution in [3.05, 3.63) is 0 Å². The monoisotopic (exact) mass is 241 g/mol. The third kappa shape index (κ3) is 3.43. The summed E-state index contributed by atoms with van der Waals surface area (Å²) < 4.78 is 22.1. The van der Waals surface area contributed by atoms with Gasteiger partial charge in [0, 0.05) is 19.6 Å². The third-order valence-electron chi connectivity index (χ3n) is 2.12. The Morgan fingerprint density at radius 2 is 1.93 bits per heavy atom. The topological polar surface area (TPSA) is 74.7 Å². The van der Waals surface area contributed by atoms with Gasteiger partial charge in [-0.2, -0.15) is 0 Å². The smallest absolute Gasteiger partial charge is 0.322 e. The van der Waals surface area contributed by atoms with E-state index in [1.165, 1.54) is 0 Å². The van der Waals surface area contributed by atoms with Crippen molar-refractivity contribution in [3.8, 4) is 0 Å². The van der Waals surface area contributed by atoms with Crippen LogP contribution in [0.2, 0.25) is 0 Å². The molecule has 1 aliphatic rings. The molecular weight excluding hydrogens is 230 g/mol. The number of nitrogens with zero attached hydrogens (tertiary/aromatic N) is 1. The summed E-state index contributed by atoms with van der Waals surface area (Å²) >= 11 is 5.53. The summed E-state index contributed by atoms with van der Waals surface area (Å²) in [5, 5.41) is 7.58. The molecule has 0 aliphatic carbocycles. The average molecular weight is 242 g/mol. The van der Waals surface area contributed by atoms with E-state index in [0.29, 0.717) is 13.1 Å². The molecule has 0 radical (unpaired) electrons. The molecule has 1 rings (SSSR count). The van der Waals surface area contributed by atoms with Crippen molar-refractivity contribution >= 4 is 27.4 Å². The molecule has 0 aromatic carbocycles. The molecule has 0 aromatic heterocycles. The summed E-state index contributed by atoms with van der Waals surface area (Å²) in [4.78, 5) is 12.2. The van der Waals surface area contributed by atoms with Crippen molar-refractivity contribution in [3.63, 3.8) is 0 Å². The highest BCUT2D eigenvalue weighted by Gasteiger charge is 2.25. The van der Waals surface area contributed by atoms with Crippen molar-refractivity contribution in [2.75, 3.05) is 31.1 Å². The molecule has 0 aromatic rings. The van der Waals surface area contributed by atoms with Crippen molar-refractivity contribution in [2.45, 2.75) is 5.38 Å². The van der Waals surface area contributed by atoms with E-state index >= 15 is 0 Å². The summed E-state index contributed by atoms with van der Waals surface area (Å²) in [6.45, 7) is 0.948. The Kier molecular flexibility index (Phi) is 3.74. The zero-order chi connectivity index (χ0) is 10.8. The van der Waals surface area contributed by atoms with Gasteiger partial charge in [0.25, 0.3) is 0 Å². The van der Waals surface area contributed by atoms with Crippen LogP contribution in [0, 0.1) is 0 Å². The minimum atomic E-state index is -2.90. The molecule has 1 N–H and O–H groups in total. The van der Waals surface area contributed by atoms with Gasteiger partial charge >= 0.3 is 5.97 Å². The molecule has 1 heterocycles. The van der Waals surface area contributed by atoms with Gasteiger partial charge in [0.05, 0.1) is 11.5 Å². The summed E-state index contributed by atoms with van der Waals surface area (Å²) in [7, 11) is -2.90. The molecule has 5 nitrogen and oxygen atoms in total. The van der Waals surface area contributed by atoms with Crippen molar-refractivity contribution in [1.82, 2.24) is 4.90 Å². The SMILES string of the molecule is O=C(O)C(Cl)CN1CCS(=O)(=O)CC1. The van der Waals surface area contributed by atoms with Crippen LogP contribution in [-0.4, -0.2) is 60.9 Å². The second kappa shape index (κ2) is 4.46. The summed E-state index contributed by atoms with van der Waals surface area (Å²) in [6.07, 6.45) is 0. The largest absolute Gasteiger partial charge is 0.480 e. The Hall–Kier alpha value is -0.330. The van der Waals surface area contributed by atoms with E-state index < -0.39 is 21.2 Å². The number of halogens is 1. The van der Waals surface area contributed by atoms with E-state index in [9.17, 15) is 13.2 Å². The van der Waals surface area contributed by atoms with Gasteiger partial charge in [-0.25, -0.2) is 8.42 Å². The normalized spacial score (nSPS) is 24.4. The number of carboxylic acid groups (broad SMARTS) is 1. The number of carboxylic acids is 1. The van der Waals surface area contributed by atoms with E-state index in [-0.39, 0.29) is 18.1 Å². The predicted octanol–water partition coefficient (Wildman–Crippen LogP) is -0.591. The standard InChI is InChI=1S/C7H12ClNO4S/c8-6(7(10)11)5-9-1-3-14(12,13)4-2-9/h6H,1-5H2,(H,10,11). The Labute approximate surface area is 87.6 Å². The molecule has 1 saturated heterocycles. The van der Waals surface area contributed by atoms with Crippen LogP contribution in [0.5, 0.6) is 0 Å². The number of hydrogen-bond acceptors (Lipinski definition) is 4. The summed E-state index contributed by atoms with van der Waals surface area (Å²) in [5.41, 5.74) is 0. The Morgan fingerprint density at radius 1 is 1.43 bits per heavy atom. The Balaban J connectivity index is 2.40.